The Morgan fingerprint density at radius 3 is 2.71 bits per heavy atom. The molecule has 5 nitrogen and oxygen atoms in total. The lowest BCUT2D eigenvalue weighted by Crippen LogP contribution is -2.37. The first-order chi connectivity index (χ1) is 9.80. The summed E-state index contributed by atoms with van der Waals surface area (Å²) in [6.45, 7) is 8.65. The SMILES string of the molecule is Cc1cc(C=O)cc2c1OCCN(C(=O)OC(C)(C)C)C2. The molecule has 1 aromatic rings. The molecule has 0 saturated heterocycles. The summed E-state index contributed by atoms with van der Waals surface area (Å²) in [5.74, 6) is 0.756. The lowest BCUT2D eigenvalue weighted by atomic mass is 10.1. The quantitative estimate of drug-likeness (QED) is 0.746. The van der Waals surface area contributed by atoms with Crippen LogP contribution >= 0.6 is 0 Å². The lowest BCUT2D eigenvalue weighted by molar-refractivity contribution is 0.0225. The van der Waals surface area contributed by atoms with Crippen LogP contribution in [0.25, 0.3) is 0 Å². The number of fused-ring (bicyclic) bond motifs is 1. The summed E-state index contributed by atoms with van der Waals surface area (Å²) in [4.78, 5) is 24.8. The number of ether oxygens (including phenoxy) is 2. The summed E-state index contributed by atoms with van der Waals surface area (Å²) in [6, 6.07) is 3.55. The molecule has 0 fully saturated rings. The molecule has 0 aromatic heterocycles. The van der Waals surface area contributed by atoms with Crippen LogP contribution in [0.3, 0.4) is 0 Å². The number of aldehydes is 1. The van der Waals surface area contributed by atoms with Crippen molar-refractivity contribution >= 4 is 12.4 Å². The molecule has 1 aliphatic rings. The van der Waals surface area contributed by atoms with Gasteiger partial charge >= 0.3 is 6.09 Å². The first kappa shape index (κ1) is 15.4. The van der Waals surface area contributed by atoms with Crippen molar-refractivity contribution in [1.82, 2.24) is 4.90 Å². The van der Waals surface area contributed by atoms with Gasteiger partial charge in [0.25, 0.3) is 0 Å². The molecule has 0 bridgehead atoms. The van der Waals surface area contributed by atoms with Crippen LogP contribution < -0.4 is 4.74 Å². The second-order valence-electron chi connectivity index (χ2n) is 6.19. The molecule has 21 heavy (non-hydrogen) atoms. The van der Waals surface area contributed by atoms with Crippen LogP contribution in [0.1, 0.15) is 42.3 Å². The van der Waals surface area contributed by atoms with Crippen LogP contribution in [-0.2, 0) is 11.3 Å². The van der Waals surface area contributed by atoms with E-state index >= 15 is 0 Å². The monoisotopic (exact) mass is 291 g/mol. The van der Waals surface area contributed by atoms with Crippen molar-refractivity contribution in [3.8, 4) is 5.75 Å². The van der Waals surface area contributed by atoms with E-state index in [1.807, 2.05) is 27.7 Å². The highest BCUT2D eigenvalue weighted by atomic mass is 16.6. The number of nitrogens with zero attached hydrogens (tertiary/aromatic N) is 1. The van der Waals surface area contributed by atoms with Crippen LogP contribution in [0.5, 0.6) is 5.75 Å². The number of hydrogen-bond acceptors (Lipinski definition) is 4. The lowest BCUT2D eigenvalue weighted by Gasteiger charge is -2.26. The highest BCUT2D eigenvalue weighted by Gasteiger charge is 2.25. The molecule has 1 aliphatic heterocycles. The smallest absolute Gasteiger partial charge is 0.410 e. The fourth-order valence-corrected chi connectivity index (χ4v) is 2.29. The normalized spacial score (nSPS) is 14.8. The number of carbonyl (C=O) groups is 2. The molecule has 0 spiro atoms. The second-order valence-corrected chi connectivity index (χ2v) is 6.19. The summed E-state index contributed by atoms with van der Waals surface area (Å²) in [6.07, 6.45) is 0.434. The average Bonchev–Trinajstić information content (AvgIpc) is 2.59. The van der Waals surface area contributed by atoms with Crippen molar-refractivity contribution in [2.75, 3.05) is 13.2 Å². The molecular formula is C16H21NO4. The first-order valence-electron chi connectivity index (χ1n) is 6.99. The Balaban J connectivity index is 2.26. The van der Waals surface area contributed by atoms with Crippen molar-refractivity contribution < 1.29 is 19.1 Å². The van der Waals surface area contributed by atoms with Crippen LogP contribution in [0.2, 0.25) is 0 Å². The van der Waals surface area contributed by atoms with E-state index in [9.17, 15) is 9.59 Å². The number of benzene rings is 1. The fraction of sp³-hybridized carbons (Fsp3) is 0.500. The van der Waals surface area contributed by atoms with Crippen molar-refractivity contribution in [2.45, 2.75) is 39.8 Å². The van der Waals surface area contributed by atoms with Crippen molar-refractivity contribution in [1.29, 1.82) is 0 Å². The Bertz CT molecular complexity index is 560. The van der Waals surface area contributed by atoms with Gasteiger partial charge in [-0.25, -0.2) is 4.79 Å². The van der Waals surface area contributed by atoms with E-state index in [1.165, 1.54) is 0 Å². The number of amides is 1. The number of carbonyl (C=O) groups excluding carboxylic acids is 2. The van der Waals surface area contributed by atoms with Gasteiger partial charge in [0.1, 0.15) is 24.2 Å². The molecule has 1 heterocycles. The summed E-state index contributed by atoms with van der Waals surface area (Å²) >= 11 is 0. The second kappa shape index (κ2) is 5.76. The zero-order chi connectivity index (χ0) is 15.6. The molecule has 114 valence electrons. The van der Waals surface area contributed by atoms with Gasteiger partial charge in [-0.15, -0.1) is 0 Å². The van der Waals surface area contributed by atoms with E-state index < -0.39 is 5.60 Å². The Morgan fingerprint density at radius 1 is 1.38 bits per heavy atom. The minimum Gasteiger partial charge on any atom is -0.491 e. The molecular weight excluding hydrogens is 270 g/mol. The van der Waals surface area contributed by atoms with Crippen LogP contribution in [0.4, 0.5) is 4.79 Å². The van der Waals surface area contributed by atoms with Gasteiger partial charge in [0.05, 0.1) is 13.1 Å². The topological polar surface area (TPSA) is 55.8 Å². The predicted molar refractivity (Wildman–Crippen MR) is 78.7 cm³/mol. The Morgan fingerprint density at radius 2 is 2.10 bits per heavy atom. The molecule has 0 unspecified atom stereocenters. The van der Waals surface area contributed by atoms with Gasteiger partial charge in [0, 0.05) is 11.1 Å². The summed E-state index contributed by atoms with van der Waals surface area (Å²) < 4.78 is 11.1. The maximum atomic E-state index is 12.2. The first-order valence-corrected chi connectivity index (χ1v) is 6.99. The maximum Gasteiger partial charge on any atom is 0.410 e. The van der Waals surface area contributed by atoms with E-state index in [4.69, 9.17) is 9.47 Å². The third-order valence-electron chi connectivity index (χ3n) is 3.13. The molecule has 0 aliphatic carbocycles. The van der Waals surface area contributed by atoms with Gasteiger partial charge in [-0.1, -0.05) is 0 Å². The molecule has 0 atom stereocenters. The van der Waals surface area contributed by atoms with Gasteiger partial charge < -0.3 is 14.4 Å². The highest BCUT2D eigenvalue weighted by molar-refractivity contribution is 5.77. The standard InChI is InChI=1S/C16H21NO4/c1-11-7-12(10-18)8-13-9-17(5-6-20-14(11)13)15(19)21-16(2,3)4/h7-8,10H,5-6,9H2,1-4H3. The molecule has 5 heteroatoms. The molecule has 2 rings (SSSR count). The van der Waals surface area contributed by atoms with Gasteiger partial charge in [-0.05, 0) is 45.4 Å². The summed E-state index contributed by atoms with van der Waals surface area (Å²) in [7, 11) is 0. The molecule has 0 radical (unpaired) electrons. The van der Waals surface area contributed by atoms with Gasteiger partial charge in [-0.2, -0.15) is 0 Å². The Labute approximate surface area is 124 Å². The third kappa shape index (κ3) is 3.74. The van der Waals surface area contributed by atoms with E-state index in [0.717, 1.165) is 23.2 Å². The fourth-order valence-electron chi connectivity index (χ4n) is 2.29. The van der Waals surface area contributed by atoms with E-state index in [2.05, 4.69) is 0 Å². The van der Waals surface area contributed by atoms with Crippen molar-refractivity contribution in [2.24, 2.45) is 0 Å². The zero-order valence-electron chi connectivity index (χ0n) is 12.9. The number of rotatable bonds is 1. The highest BCUT2D eigenvalue weighted by Crippen LogP contribution is 2.29. The van der Waals surface area contributed by atoms with Gasteiger partial charge in [0.2, 0.25) is 0 Å². The molecule has 0 saturated carbocycles. The third-order valence-corrected chi connectivity index (χ3v) is 3.13. The number of hydrogen-bond donors (Lipinski definition) is 0. The van der Waals surface area contributed by atoms with E-state index in [1.54, 1.807) is 17.0 Å². The Kier molecular flexibility index (Phi) is 4.21. The zero-order valence-corrected chi connectivity index (χ0v) is 12.9. The van der Waals surface area contributed by atoms with Crippen LogP contribution in [0.15, 0.2) is 12.1 Å². The molecule has 1 aromatic carbocycles. The van der Waals surface area contributed by atoms with Gasteiger partial charge in [-0.3, -0.25) is 4.79 Å². The molecule has 1 amide bonds. The minimum atomic E-state index is -0.534. The van der Waals surface area contributed by atoms with E-state index in [0.29, 0.717) is 25.3 Å². The summed E-state index contributed by atoms with van der Waals surface area (Å²) in [5, 5.41) is 0. The summed E-state index contributed by atoms with van der Waals surface area (Å²) in [5.41, 5.74) is 1.79. The predicted octanol–water partition coefficient (Wildman–Crippen LogP) is 2.94. The van der Waals surface area contributed by atoms with E-state index in [-0.39, 0.29) is 6.09 Å². The molecule has 0 N–H and O–H groups in total. The van der Waals surface area contributed by atoms with Crippen LogP contribution in [-0.4, -0.2) is 36.0 Å². The van der Waals surface area contributed by atoms with Gasteiger partial charge in [0.15, 0.2) is 0 Å². The van der Waals surface area contributed by atoms with Crippen molar-refractivity contribution in [3.05, 3.63) is 28.8 Å². The van der Waals surface area contributed by atoms with Crippen molar-refractivity contribution in [3.63, 3.8) is 0 Å². The van der Waals surface area contributed by atoms with Crippen LogP contribution in [0, 0.1) is 6.92 Å². The average molecular weight is 291 g/mol. The maximum absolute atomic E-state index is 12.2. The Hall–Kier alpha value is -2.04. The minimum absolute atomic E-state index is 0.367. The number of aryl methyl sites for hydroxylation is 1. The largest absolute Gasteiger partial charge is 0.491 e.